The Labute approximate surface area is 112 Å². The van der Waals surface area contributed by atoms with Gasteiger partial charge in [-0.25, -0.2) is 9.97 Å². The zero-order valence-corrected chi connectivity index (χ0v) is 10.9. The van der Waals surface area contributed by atoms with Crippen LogP contribution < -0.4 is 0 Å². The van der Waals surface area contributed by atoms with Crippen LogP contribution in [-0.4, -0.2) is 20.7 Å². The third-order valence-corrected chi connectivity index (χ3v) is 3.75. The summed E-state index contributed by atoms with van der Waals surface area (Å²) in [4.78, 5) is 8.37. The minimum Gasteiger partial charge on any atom is -0.296 e. The number of hydrogen-bond acceptors (Lipinski definition) is 2. The molecule has 102 valence electrons. The number of fused-ring (bicyclic) bond motifs is 1. The topological polar surface area (TPSA) is 30.7 Å². The van der Waals surface area contributed by atoms with Crippen LogP contribution in [0.3, 0.4) is 0 Å². The summed E-state index contributed by atoms with van der Waals surface area (Å²) in [6.45, 7) is 1.74. The van der Waals surface area contributed by atoms with Crippen LogP contribution >= 0.6 is 11.6 Å². The fraction of sp³-hybridized carbons (Fsp3) is 0.500. The van der Waals surface area contributed by atoms with Crippen molar-refractivity contribution in [1.29, 1.82) is 0 Å². The lowest BCUT2D eigenvalue weighted by molar-refractivity contribution is -0.179. The lowest BCUT2D eigenvalue weighted by atomic mass is 10.2. The molecule has 0 N–H and O–H groups in total. The summed E-state index contributed by atoms with van der Waals surface area (Å²) in [6, 6.07) is 3.40. The van der Waals surface area contributed by atoms with Crippen molar-refractivity contribution in [2.45, 2.75) is 37.4 Å². The van der Waals surface area contributed by atoms with Gasteiger partial charge < -0.3 is 0 Å². The van der Waals surface area contributed by atoms with Crippen LogP contribution in [0.25, 0.3) is 11.2 Å². The Morgan fingerprint density at radius 2 is 2.00 bits per heavy atom. The molecule has 0 saturated heterocycles. The smallest absolute Gasteiger partial charge is 0.296 e. The lowest BCUT2D eigenvalue weighted by Gasteiger charge is -2.23. The predicted octanol–water partition coefficient (Wildman–Crippen LogP) is 3.53. The molecule has 0 amide bonds. The molecule has 0 atom stereocenters. The Balaban J connectivity index is 2.30. The molecule has 0 aliphatic heterocycles. The number of halogens is 4. The van der Waals surface area contributed by atoms with E-state index in [2.05, 4.69) is 9.97 Å². The minimum atomic E-state index is -4.31. The monoisotopic (exact) mass is 289 g/mol. The minimum absolute atomic E-state index is 0.0570. The van der Waals surface area contributed by atoms with E-state index >= 15 is 0 Å². The number of rotatable bonds is 2. The van der Waals surface area contributed by atoms with Crippen molar-refractivity contribution in [2.24, 2.45) is 0 Å². The van der Waals surface area contributed by atoms with Crippen molar-refractivity contribution in [3.8, 4) is 0 Å². The molecule has 3 rings (SSSR count). The van der Waals surface area contributed by atoms with Gasteiger partial charge in [-0.05, 0) is 31.9 Å². The first-order valence-corrected chi connectivity index (χ1v) is 6.41. The summed E-state index contributed by atoms with van der Waals surface area (Å²) in [6.07, 6.45) is -4.20. The molecule has 0 aromatic carbocycles. The molecule has 19 heavy (non-hydrogen) atoms. The first-order chi connectivity index (χ1) is 8.89. The number of alkyl halides is 4. The molecule has 2 aromatic rings. The van der Waals surface area contributed by atoms with E-state index in [9.17, 15) is 13.2 Å². The molecule has 1 aliphatic rings. The third-order valence-electron chi connectivity index (χ3n) is 3.51. The first kappa shape index (κ1) is 12.7. The Hall–Kier alpha value is -1.30. The molecule has 0 radical (unpaired) electrons. The fourth-order valence-electron chi connectivity index (χ4n) is 2.39. The number of nitrogens with zero attached hydrogens (tertiary/aromatic N) is 3. The molecule has 0 bridgehead atoms. The molecule has 2 heterocycles. The molecule has 1 saturated carbocycles. The maximum absolute atomic E-state index is 13.3. The SMILES string of the molecule is Cc1ccc2nc(CCl)n(C3(C(F)(F)F)CC3)c2n1. The lowest BCUT2D eigenvalue weighted by Crippen LogP contribution is -2.36. The van der Waals surface area contributed by atoms with Gasteiger partial charge in [-0.3, -0.25) is 4.57 Å². The summed E-state index contributed by atoms with van der Waals surface area (Å²) in [5.41, 5.74) is -0.484. The van der Waals surface area contributed by atoms with Crippen LogP contribution in [-0.2, 0) is 11.4 Å². The van der Waals surface area contributed by atoms with Crippen molar-refractivity contribution >= 4 is 22.8 Å². The van der Waals surface area contributed by atoms with Gasteiger partial charge in [0, 0.05) is 5.69 Å². The summed E-state index contributed by atoms with van der Waals surface area (Å²) < 4.78 is 41.0. The van der Waals surface area contributed by atoms with E-state index in [1.165, 1.54) is 4.57 Å². The molecule has 2 aromatic heterocycles. The summed E-state index contributed by atoms with van der Waals surface area (Å²) in [5, 5.41) is 0. The Morgan fingerprint density at radius 3 is 2.53 bits per heavy atom. The molecule has 0 spiro atoms. The van der Waals surface area contributed by atoms with Crippen LogP contribution in [0.15, 0.2) is 12.1 Å². The van der Waals surface area contributed by atoms with Gasteiger partial charge in [-0.2, -0.15) is 13.2 Å². The molecule has 0 unspecified atom stereocenters. The largest absolute Gasteiger partial charge is 0.412 e. The van der Waals surface area contributed by atoms with Gasteiger partial charge in [-0.1, -0.05) is 0 Å². The van der Waals surface area contributed by atoms with E-state index in [0.29, 0.717) is 11.2 Å². The van der Waals surface area contributed by atoms with Gasteiger partial charge in [0.2, 0.25) is 0 Å². The zero-order valence-electron chi connectivity index (χ0n) is 10.1. The standard InChI is InChI=1S/C12H11ClF3N3/c1-7-2-3-8-10(17-7)19(9(6-13)18-8)11(4-5-11)12(14,15)16/h2-3H,4-6H2,1H3. The van der Waals surface area contributed by atoms with E-state index < -0.39 is 11.7 Å². The predicted molar refractivity (Wildman–Crippen MR) is 65.1 cm³/mol. The maximum Gasteiger partial charge on any atom is 0.412 e. The normalized spacial score (nSPS) is 17.9. The van der Waals surface area contributed by atoms with Crippen LogP contribution in [0.5, 0.6) is 0 Å². The molecular weight excluding hydrogens is 279 g/mol. The third kappa shape index (κ3) is 1.73. The second kappa shape index (κ2) is 3.85. The van der Waals surface area contributed by atoms with Crippen molar-refractivity contribution in [1.82, 2.24) is 14.5 Å². The van der Waals surface area contributed by atoms with Gasteiger partial charge in [0.1, 0.15) is 16.9 Å². The second-order valence-electron chi connectivity index (χ2n) is 4.82. The van der Waals surface area contributed by atoms with E-state index in [0.717, 1.165) is 0 Å². The van der Waals surface area contributed by atoms with Crippen molar-refractivity contribution < 1.29 is 13.2 Å². The first-order valence-electron chi connectivity index (χ1n) is 5.87. The molecule has 7 heteroatoms. The van der Waals surface area contributed by atoms with E-state index in [4.69, 9.17) is 11.6 Å². The number of pyridine rings is 1. The average Bonchev–Trinajstić information content (AvgIpc) is 3.05. The van der Waals surface area contributed by atoms with E-state index in [-0.39, 0.29) is 30.2 Å². The zero-order chi connectivity index (χ0) is 13.8. The maximum atomic E-state index is 13.3. The van der Waals surface area contributed by atoms with Crippen LogP contribution in [0.2, 0.25) is 0 Å². The fourth-order valence-corrected chi connectivity index (χ4v) is 2.57. The highest BCUT2D eigenvalue weighted by atomic mass is 35.5. The Bertz CT molecular complexity index is 643. The van der Waals surface area contributed by atoms with Gasteiger partial charge in [0.15, 0.2) is 5.65 Å². The van der Waals surface area contributed by atoms with Gasteiger partial charge in [0.25, 0.3) is 0 Å². The summed E-state index contributed by atoms with van der Waals surface area (Å²) >= 11 is 5.75. The Kier molecular flexibility index (Phi) is 2.58. The molecule has 1 fully saturated rings. The molecular formula is C12H11ClF3N3. The van der Waals surface area contributed by atoms with Crippen molar-refractivity contribution in [3.05, 3.63) is 23.7 Å². The van der Waals surface area contributed by atoms with Crippen molar-refractivity contribution in [3.63, 3.8) is 0 Å². The van der Waals surface area contributed by atoms with Gasteiger partial charge >= 0.3 is 6.18 Å². The van der Waals surface area contributed by atoms with Crippen LogP contribution in [0.4, 0.5) is 13.2 Å². The van der Waals surface area contributed by atoms with Gasteiger partial charge in [0.05, 0.1) is 5.88 Å². The highest BCUT2D eigenvalue weighted by Crippen LogP contribution is 2.56. The number of aromatic nitrogens is 3. The highest BCUT2D eigenvalue weighted by molar-refractivity contribution is 6.16. The summed E-state index contributed by atoms with van der Waals surface area (Å²) in [5.74, 6) is 0.164. The number of imidazole rings is 1. The summed E-state index contributed by atoms with van der Waals surface area (Å²) in [7, 11) is 0. The average molecular weight is 290 g/mol. The van der Waals surface area contributed by atoms with E-state index in [1.807, 2.05) is 0 Å². The van der Waals surface area contributed by atoms with E-state index in [1.54, 1.807) is 19.1 Å². The molecule has 3 nitrogen and oxygen atoms in total. The molecule has 1 aliphatic carbocycles. The second-order valence-corrected chi connectivity index (χ2v) is 5.09. The number of aryl methyl sites for hydroxylation is 1. The quantitative estimate of drug-likeness (QED) is 0.792. The van der Waals surface area contributed by atoms with Crippen LogP contribution in [0, 0.1) is 6.92 Å². The van der Waals surface area contributed by atoms with Gasteiger partial charge in [-0.15, -0.1) is 11.6 Å². The Morgan fingerprint density at radius 1 is 1.32 bits per heavy atom. The number of hydrogen-bond donors (Lipinski definition) is 0. The van der Waals surface area contributed by atoms with Crippen molar-refractivity contribution in [2.75, 3.05) is 0 Å². The van der Waals surface area contributed by atoms with Crippen LogP contribution in [0.1, 0.15) is 24.4 Å². The highest BCUT2D eigenvalue weighted by Gasteiger charge is 2.66.